The molecule has 2 heterocycles. The van der Waals surface area contributed by atoms with Crippen molar-refractivity contribution in [2.45, 2.75) is 46.7 Å². The van der Waals surface area contributed by atoms with E-state index >= 15 is 0 Å². The van der Waals surface area contributed by atoms with E-state index in [2.05, 4.69) is 46.8 Å². The molecular formula is C13H20N4S. The molecule has 0 fully saturated rings. The number of nitrogens with one attached hydrogen (secondary N) is 1. The minimum atomic E-state index is 0.197. The molecule has 0 aliphatic heterocycles. The summed E-state index contributed by atoms with van der Waals surface area (Å²) in [5, 5.41) is 4.56. The summed E-state index contributed by atoms with van der Waals surface area (Å²) in [5.74, 6) is 0.927. The van der Waals surface area contributed by atoms with Crippen LogP contribution in [0.15, 0.2) is 12.4 Å². The number of thiazole rings is 1. The van der Waals surface area contributed by atoms with Crippen molar-refractivity contribution in [3.8, 4) is 0 Å². The largest absolute Gasteiger partial charge is 0.347 e. The molecule has 5 heteroatoms. The van der Waals surface area contributed by atoms with Gasteiger partial charge in [-0.15, -0.1) is 11.3 Å². The third kappa shape index (κ3) is 2.72. The second-order valence-corrected chi connectivity index (χ2v) is 5.52. The number of imidazole rings is 1. The monoisotopic (exact) mass is 264 g/mol. The molecule has 2 aromatic rings. The molecule has 0 aliphatic rings. The Bertz CT molecular complexity index is 515. The van der Waals surface area contributed by atoms with Crippen molar-refractivity contribution in [2.75, 3.05) is 5.32 Å². The normalized spacial score (nSPS) is 12.7. The highest BCUT2D eigenvalue weighted by atomic mass is 32.1. The van der Waals surface area contributed by atoms with Gasteiger partial charge in [-0.3, -0.25) is 0 Å². The van der Waals surface area contributed by atoms with E-state index in [9.17, 15) is 0 Å². The van der Waals surface area contributed by atoms with Crippen LogP contribution in [0.1, 0.15) is 42.4 Å². The van der Waals surface area contributed by atoms with E-state index < -0.39 is 0 Å². The number of aryl methyl sites for hydroxylation is 3. The molecule has 1 N–H and O–H groups in total. The Balaban J connectivity index is 2.12. The van der Waals surface area contributed by atoms with Crippen LogP contribution in [0, 0.1) is 6.92 Å². The molecule has 2 aromatic heterocycles. The highest BCUT2D eigenvalue weighted by molar-refractivity contribution is 7.11. The van der Waals surface area contributed by atoms with Gasteiger partial charge in [-0.05, 0) is 27.2 Å². The summed E-state index contributed by atoms with van der Waals surface area (Å²) in [6, 6.07) is 0.197. The van der Waals surface area contributed by atoms with Crippen molar-refractivity contribution in [3.05, 3.63) is 28.0 Å². The fourth-order valence-corrected chi connectivity index (χ4v) is 2.70. The Hall–Kier alpha value is -1.36. The summed E-state index contributed by atoms with van der Waals surface area (Å²) >= 11 is 1.77. The summed E-state index contributed by atoms with van der Waals surface area (Å²) in [6.07, 6.45) is 5.08. The molecule has 0 saturated heterocycles. The third-order valence-electron chi connectivity index (χ3n) is 2.87. The second-order valence-electron chi connectivity index (χ2n) is 4.38. The van der Waals surface area contributed by atoms with Crippen molar-refractivity contribution < 1.29 is 0 Å². The van der Waals surface area contributed by atoms with Crippen molar-refractivity contribution in [2.24, 2.45) is 0 Å². The number of nitrogens with zero attached hydrogens (tertiary/aromatic N) is 3. The Kier molecular flexibility index (Phi) is 4.01. The Labute approximate surface area is 112 Å². The number of hydrogen-bond donors (Lipinski definition) is 1. The predicted octanol–water partition coefficient (Wildman–Crippen LogP) is 3.40. The molecule has 1 unspecified atom stereocenters. The Morgan fingerprint density at radius 3 is 2.83 bits per heavy atom. The van der Waals surface area contributed by atoms with Gasteiger partial charge < -0.3 is 9.88 Å². The van der Waals surface area contributed by atoms with Crippen LogP contribution in [0.2, 0.25) is 0 Å². The van der Waals surface area contributed by atoms with Crippen LogP contribution in [0.5, 0.6) is 0 Å². The van der Waals surface area contributed by atoms with E-state index in [0.717, 1.165) is 29.6 Å². The van der Waals surface area contributed by atoms with Crippen LogP contribution in [0.3, 0.4) is 0 Å². The first-order valence-electron chi connectivity index (χ1n) is 6.39. The molecule has 2 rings (SSSR count). The average molecular weight is 264 g/mol. The maximum Gasteiger partial charge on any atom is 0.203 e. The lowest BCUT2D eigenvalue weighted by Gasteiger charge is -2.12. The molecule has 0 aromatic carbocycles. The molecule has 0 spiro atoms. The van der Waals surface area contributed by atoms with Crippen LogP contribution in [0.25, 0.3) is 0 Å². The van der Waals surface area contributed by atoms with Crippen LogP contribution < -0.4 is 5.32 Å². The Morgan fingerprint density at radius 2 is 2.22 bits per heavy atom. The van der Waals surface area contributed by atoms with Crippen LogP contribution >= 0.6 is 11.3 Å². The van der Waals surface area contributed by atoms with Gasteiger partial charge in [0.25, 0.3) is 0 Å². The lowest BCUT2D eigenvalue weighted by Crippen LogP contribution is -2.11. The number of rotatable bonds is 5. The summed E-state index contributed by atoms with van der Waals surface area (Å²) in [4.78, 5) is 10.3. The molecule has 0 bridgehead atoms. The van der Waals surface area contributed by atoms with E-state index in [4.69, 9.17) is 0 Å². The third-order valence-corrected chi connectivity index (χ3v) is 4.20. The van der Waals surface area contributed by atoms with E-state index in [1.165, 1.54) is 4.88 Å². The SMILES string of the molecule is CCc1cnc(C(C)Nc2nc(C)cn2CC)s1. The summed E-state index contributed by atoms with van der Waals surface area (Å²) in [6.45, 7) is 9.34. The van der Waals surface area contributed by atoms with Gasteiger partial charge in [0.1, 0.15) is 5.01 Å². The zero-order chi connectivity index (χ0) is 13.1. The van der Waals surface area contributed by atoms with E-state index in [1.54, 1.807) is 11.3 Å². The minimum absolute atomic E-state index is 0.197. The lowest BCUT2D eigenvalue weighted by molar-refractivity contribution is 0.742. The van der Waals surface area contributed by atoms with E-state index in [-0.39, 0.29) is 6.04 Å². The fourth-order valence-electron chi connectivity index (χ4n) is 1.84. The van der Waals surface area contributed by atoms with Crippen LogP contribution in [0.4, 0.5) is 5.95 Å². The molecule has 1 atom stereocenters. The first kappa shape index (κ1) is 13.1. The van der Waals surface area contributed by atoms with Gasteiger partial charge >= 0.3 is 0 Å². The molecule has 0 amide bonds. The van der Waals surface area contributed by atoms with E-state index in [0.29, 0.717) is 0 Å². The Morgan fingerprint density at radius 1 is 1.44 bits per heavy atom. The van der Waals surface area contributed by atoms with E-state index in [1.807, 2.05) is 13.1 Å². The van der Waals surface area contributed by atoms with Gasteiger partial charge in [-0.1, -0.05) is 6.92 Å². The van der Waals surface area contributed by atoms with Crippen LogP contribution in [-0.2, 0) is 13.0 Å². The summed E-state index contributed by atoms with van der Waals surface area (Å²) < 4.78 is 2.13. The highest BCUT2D eigenvalue weighted by Gasteiger charge is 2.13. The lowest BCUT2D eigenvalue weighted by atomic mass is 10.3. The first-order valence-corrected chi connectivity index (χ1v) is 7.20. The topological polar surface area (TPSA) is 42.7 Å². The second kappa shape index (κ2) is 5.52. The van der Waals surface area contributed by atoms with Gasteiger partial charge in [0.2, 0.25) is 5.95 Å². The smallest absolute Gasteiger partial charge is 0.203 e. The van der Waals surface area contributed by atoms with Gasteiger partial charge in [0, 0.05) is 23.8 Å². The van der Waals surface area contributed by atoms with Crippen molar-refractivity contribution in [1.82, 2.24) is 14.5 Å². The van der Waals surface area contributed by atoms with Crippen LogP contribution in [-0.4, -0.2) is 14.5 Å². The van der Waals surface area contributed by atoms with Gasteiger partial charge in [0.15, 0.2) is 0 Å². The number of anilines is 1. The molecule has 18 heavy (non-hydrogen) atoms. The molecule has 0 saturated carbocycles. The van der Waals surface area contributed by atoms with Crippen molar-refractivity contribution >= 4 is 17.3 Å². The fraction of sp³-hybridized carbons (Fsp3) is 0.538. The van der Waals surface area contributed by atoms with Gasteiger partial charge in [-0.2, -0.15) is 0 Å². The predicted molar refractivity (Wildman–Crippen MR) is 76.2 cm³/mol. The quantitative estimate of drug-likeness (QED) is 0.900. The molecular weight excluding hydrogens is 244 g/mol. The first-order chi connectivity index (χ1) is 8.63. The van der Waals surface area contributed by atoms with Crippen molar-refractivity contribution in [3.63, 3.8) is 0 Å². The zero-order valence-electron chi connectivity index (χ0n) is 11.4. The molecule has 4 nitrogen and oxygen atoms in total. The molecule has 0 aliphatic carbocycles. The number of aromatic nitrogens is 3. The molecule has 98 valence electrons. The maximum absolute atomic E-state index is 4.50. The van der Waals surface area contributed by atoms with Gasteiger partial charge in [-0.25, -0.2) is 9.97 Å². The van der Waals surface area contributed by atoms with Gasteiger partial charge in [0.05, 0.1) is 11.7 Å². The highest BCUT2D eigenvalue weighted by Crippen LogP contribution is 2.23. The number of hydrogen-bond acceptors (Lipinski definition) is 4. The van der Waals surface area contributed by atoms with Crippen molar-refractivity contribution in [1.29, 1.82) is 0 Å². The summed E-state index contributed by atoms with van der Waals surface area (Å²) in [5.41, 5.74) is 1.04. The maximum atomic E-state index is 4.50. The minimum Gasteiger partial charge on any atom is -0.347 e. The summed E-state index contributed by atoms with van der Waals surface area (Å²) in [7, 11) is 0. The molecule has 0 radical (unpaired) electrons. The average Bonchev–Trinajstić information content (AvgIpc) is 2.95. The zero-order valence-corrected chi connectivity index (χ0v) is 12.2. The standard InChI is InChI=1S/C13H20N4S/c1-5-11-7-14-12(18-11)10(4)16-13-15-9(3)8-17(13)6-2/h7-8,10H,5-6H2,1-4H3,(H,15,16).